The first-order chi connectivity index (χ1) is 12.3. The zero-order valence-electron chi connectivity index (χ0n) is 14.4. The summed E-state index contributed by atoms with van der Waals surface area (Å²) in [6, 6.07) is 9.96. The standard InChI is InChI=1S/C18H25N5O2/c24-18(20-9-11-25-17-7-2-1-3-8-17)13-22-10-5-4-6-16(22)12-23-15-19-14-21-23/h1-3,7-8,14-16H,4-6,9-13H2,(H,20,24)/t16-/m0/s1. The van der Waals surface area contributed by atoms with Gasteiger partial charge in [0.25, 0.3) is 0 Å². The quantitative estimate of drug-likeness (QED) is 0.732. The van der Waals surface area contributed by atoms with Gasteiger partial charge in [-0.15, -0.1) is 0 Å². The minimum atomic E-state index is 0.0437. The normalized spacial score (nSPS) is 18.0. The number of carbonyl (C=O) groups excluding carboxylic acids is 1. The SMILES string of the molecule is O=C(CN1CCCC[C@H]1Cn1cncn1)NCCOc1ccccc1. The maximum Gasteiger partial charge on any atom is 0.234 e. The van der Waals surface area contributed by atoms with Crippen molar-refractivity contribution >= 4 is 5.91 Å². The number of piperidine rings is 1. The first kappa shape index (κ1) is 17.4. The highest BCUT2D eigenvalue weighted by atomic mass is 16.5. The van der Waals surface area contributed by atoms with Gasteiger partial charge in [-0.05, 0) is 31.5 Å². The maximum absolute atomic E-state index is 12.2. The maximum atomic E-state index is 12.2. The number of nitrogens with zero attached hydrogens (tertiary/aromatic N) is 4. The fourth-order valence-electron chi connectivity index (χ4n) is 3.13. The molecule has 0 bridgehead atoms. The Labute approximate surface area is 148 Å². The summed E-state index contributed by atoms with van der Waals surface area (Å²) in [7, 11) is 0. The number of para-hydroxylation sites is 1. The number of rotatable bonds is 8. The van der Waals surface area contributed by atoms with Gasteiger partial charge in [-0.2, -0.15) is 5.10 Å². The van der Waals surface area contributed by atoms with E-state index in [0.29, 0.717) is 25.7 Å². The molecule has 0 saturated carbocycles. The molecule has 25 heavy (non-hydrogen) atoms. The summed E-state index contributed by atoms with van der Waals surface area (Å²) in [5.74, 6) is 0.864. The summed E-state index contributed by atoms with van der Waals surface area (Å²) < 4.78 is 7.43. The van der Waals surface area contributed by atoms with Crippen molar-refractivity contribution in [2.24, 2.45) is 0 Å². The highest BCUT2D eigenvalue weighted by Crippen LogP contribution is 2.17. The third-order valence-corrected chi connectivity index (χ3v) is 4.40. The molecule has 1 atom stereocenters. The topological polar surface area (TPSA) is 72.3 Å². The molecule has 0 spiro atoms. The molecule has 1 aliphatic rings. The van der Waals surface area contributed by atoms with Crippen LogP contribution in [-0.2, 0) is 11.3 Å². The Morgan fingerprint density at radius 2 is 2.16 bits per heavy atom. The molecule has 1 N–H and O–H groups in total. The van der Waals surface area contributed by atoms with Crippen LogP contribution in [0.2, 0.25) is 0 Å². The molecule has 2 aromatic rings. The lowest BCUT2D eigenvalue weighted by Gasteiger charge is -2.34. The Bertz CT molecular complexity index is 632. The van der Waals surface area contributed by atoms with Gasteiger partial charge in [-0.3, -0.25) is 14.4 Å². The summed E-state index contributed by atoms with van der Waals surface area (Å²) in [6.07, 6.45) is 6.70. The molecule has 1 aromatic heterocycles. The first-order valence-corrected chi connectivity index (χ1v) is 8.82. The van der Waals surface area contributed by atoms with Crippen molar-refractivity contribution in [3.63, 3.8) is 0 Å². The Morgan fingerprint density at radius 1 is 1.28 bits per heavy atom. The molecule has 3 rings (SSSR count). The molecule has 0 radical (unpaired) electrons. The number of aromatic nitrogens is 3. The van der Waals surface area contributed by atoms with Gasteiger partial charge in [-0.1, -0.05) is 24.6 Å². The molecule has 1 saturated heterocycles. The van der Waals surface area contributed by atoms with Crippen LogP contribution in [0.5, 0.6) is 5.75 Å². The fourth-order valence-corrected chi connectivity index (χ4v) is 3.13. The van der Waals surface area contributed by atoms with Crippen LogP contribution in [0.4, 0.5) is 0 Å². The second kappa shape index (κ2) is 9.17. The second-order valence-corrected chi connectivity index (χ2v) is 6.25. The summed E-state index contributed by atoms with van der Waals surface area (Å²) >= 11 is 0. The Hall–Kier alpha value is -2.41. The van der Waals surface area contributed by atoms with E-state index < -0.39 is 0 Å². The van der Waals surface area contributed by atoms with Crippen LogP contribution in [0.1, 0.15) is 19.3 Å². The van der Waals surface area contributed by atoms with Crippen molar-refractivity contribution < 1.29 is 9.53 Å². The molecule has 1 fully saturated rings. The number of carbonyl (C=O) groups is 1. The van der Waals surface area contributed by atoms with E-state index >= 15 is 0 Å². The molecule has 0 aliphatic carbocycles. The molecule has 0 unspecified atom stereocenters. The number of ether oxygens (including phenoxy) is 1. The van der Waals surface area contributed by atoms with E-state index in [4.69, 9.17) is 4.74 Å². The first-order valence-electron chi connectivity index (χ1n) is 8.82. The Balaban J connectivity index is 1.39. The van der Waals surface area contributed by atoms with E-state index in [1.54, 1.807) is 12.7 Å². The van der Waals surface area contributed by atoms with Gasteiger partial charge in [0.15, 0.2) is 0 Å². The molecule has 2 heterocycles. The predicted octanol–water partition coefficient (Wildman–Crippen LogP) is 1.33. The number of benzene rings is 1. The van der Waals surface area contributed by atoms with Crippen LogP contribution in [-0.4, -0.2) is 57.9 Å². The molecule has 1 amide bonds. The van der Waals surface area contributed by atoms with E-state index in [0.717, 1.165) is 31.7 Å². The van der Waals surface area contributed by atoms with Crippen LogP contribution < -0.4 is 10.1 Å². The summed E-state index contributed by atoms with van der Waals surface area (Å²) in [5.41, 5.74) is 0. The van der Waals surface area contributed by atoms with Crippen molar-refractivity contribution in [1.29, 1.82) is 0 Å². The average molecular weight is 343 g/mol. The number of hydrogen-bond acceptors (Lipinski definition) is 5. The van der Waals surface area contributed by atoms with Gasteiger partial charge in [0.1, 0.15) is 25.0 Å². The molecular weight excluding hydrogens is 318 g/mol. The Kier molecular flexibility index (Phi) is 6.39. The van der Waals surface area contributed by atoms with Gasteiger partial charge >= 0.3 is 0 Å². The van der Waals surface area contributed by atoms with E-state index in [2.05, 4.69) is 20.3 Å². The fraction of sp³-hybridized carbons (Fsp3) is 0.500. The van der Waals surface area contributed by atoms with Crippen molar-refractivity contribution in [2.75, 3.05) is 26.2 Å². The van der Waals surface area contributed by atoms with Gasteiger partial charge in [-0.25, -0.2) is 4.98 Å². The number of likely N-dealkylation sites (tertiary alicyclic amines) is 1. The summed E-state index contributed by atoms with van der Waals surface area (Å²) in [4.78, 5) is 18.5. The van der Waals surface area contributed by atoms with E-state index in [-0.39, 0.29) is 5.91 Å². The van der Waals surface area contributed by atoms with Crippen LogP contribution in [0.15, 0.2) is 43.0 Å². The largest absolute Gasteiger partial charge is 0.492 e. The monoisotopic (exact) mass is 343 g/mol. The van der Waals surface area contributed by atoms with Gasteiger partial charge in [0, 0.05) is 6.04 Å². The number of amides is 1. The molecule has 1 aromatic carbocycles. The smallest absolute Gasteiger partial charge is 0.234 e. The van der Waals surface area contributed by atoms with E-state index in [1.165, 1.54) is 6.42 Å². The zero-order chi connectivity index (χ0) is 17.3. The molecule has 1 aliphatic heterocycles. The summed E-state index contributed by atoms with van der Waals surface area (Å²) in [6.45, 7) is 3.13. The van der Waals surface area contributed by atoms with Crippen LogP contribution >= 0.6 is 0 Å². The number of hydrogen-bond donors (Lipinski definition) is 1. The molecule has 134 valence electrons. The van der Waals surface area contributed by atoms with Crippen molar-refractivity contribution in [3.8, 4) is 5.75 Å². The van der Waals surface area contributed by atoms with E-state index in [1.807, 2.05) is 35.0 Å². The third-order valence-electron chi connectivity index (χ3n) is 4.40. The highest BCUT2D eigenvalue weighted by molar-refractivity contribution is 5.78. The van der Waals surface area contributed by atoms with Crippen LogP contribution in [0.3, 0.4) is 0 Å². The van der Waals surface area contributed by atoms with Crippen LogP contribution in [0.25, 0.3) is 0 Å². The van der Waals surface area contributed by atoms with Crippen molar-refractivity contribution in [2.45, 2.75) is 31.8 Å². The van der Waals surface area contributed by atoms with Crippen LogP contribution in [0, 0.1) is 0 Å². The minimum absolute atomic E-state index is 0.0437. The lowest BCUT2D eigenvalue weighted by Crippen LogP contribution is -2.47. The predicted molar refractivity (Wildman–Crippen MR) is 94.2 cm³/mol. The minimum Gasteiger partial charge on any atom is -0.492 e. The van der Waals surface area contributed by atoms with Crippen molar-refractivity contribution in [3.05, 3.63) is 43.0 Å². The van der Waals surface area contributed by atoms with Crippen molar-refractivity contribution in [1.82, 2.24) is 25.0 Å². The molecular formula is C18H25N5O2. The zero-order valence-corrected chi connectivity index (χ0v) is 14.4. The molecule has 7 nitrogen and oxygen atoms in total. The Morgan fingerprint density at radius 3 is 2.96 bits per heavy atom. The number of nitrogens with one attached hydrogen (secondary N) is 1. The second-order valence-electron chi connectivity index (χ2n) is 6.25. The van der Waals surface area contributed by atoms with Gasteiger partial charge in [0.2, 0.25) is 5.91 Å². The third kappa shape index (κ3) is 5.56. The van der Waals surface area contributed by atoms with E-state index in [9.17, 15) is 4.79 Å². The lowest BCUT2D eigenvalue weighted by atomic mass is 10.0. The molecule has 7 heteroatoms. The van der Waals surface area contributed by atoms with Gasteiger partial charge < -0.3 is 10.1 Å². The van der Waals surface area contributed by atoms with Gasteiger partial charge in [0.05, 0.1) is 19.6 Å². The summed E-state index contributed by atoms with van der Waals surface area (Å²) in [5, 5.41) is 7.11. The highest BCUT2D eigenvalue weighted by Gasteiger charge is 2.24. The average Bonchev–Trinajstić information content (AvgIpc) is 3.14. The lowest BCUT2D eigenvalue weighted by molar-refractivity contribution is -0.123.